The second-order valence-corrected chi connectivity index (χ2v) is 7.22. The Balaban J connectivity index is 1.72. The third-order valence-corrected chi connectivity index (χ3v) is 4.92. The molecule has 1 saturated heterocycles. The summed E-state index contributed by atoms with van der Waals surface area (Å²) in [5.74, 6) is 0. The van der Waals surface area contributed by atoms with Crippen LogP contribution < -0.4 is 10.5 Å². The molecular formula is C15H16N2O3S2. The number of epoxide rings is 1. The summed E-state index contributed by atoms with van der Waals surface area (Å²) in [7, 11) is -3.65. The van der Waals surface area contributed by atoms with Gasteiger partial charge >= 0.3 is 0 Å². The van der Waals surface area contributed by atoms with Gasteiger partial charge in [0.15, 0.2) is 5.72 Å². The molecule has 0 aliphatic carbocycles. The minimum absolute atomic E-state index is 0.106. The fraction of sp³-hybridized carbons (Fsp3) is 0.200. The summed E-state index contributed by atoms with van der Waals surface area (Å²) in [6, 6.07) is 14.2. The average Bonchev–Trinajstić information content (AvgIpc) is 3.26. The van der Waals surface area contributed by atoms with Crippen LogP contribution in [0.15, 0.2) is 58.3 Å². The minimum Gasteiger partial charge on any atom is -0.349 e. The lowest BCUT2D eigenvalue weighted by atomic mass is 10.1. The molecule has 0 saturated carbocycles. The van der Waals surface area contributed by atoms with Crippen LogP contribution in [-0.4, -0.2) is 15.0 Å². The summed E-state index contributed by atoms with van der Waals surface area (Å²) in [6.45, 7) is 1.13. The van der Waals surface area contributed by atoms with Crippen molar-refractivity contribution in [2.24, 2.45) is 5.14 Å². The van der Waals surface area contributed by atoms with E-state index in [4.69, 9.17) is 9.88 Å². The molecule has 7 heteroatoms. The smallest absolute Gasteiger partial charge is 0.238 e. The molecule has 1 aliphatic heterocycles. The quantitative estimate of drug-likeness (QED) is 0.572. The lowest BCUT2D eigenvalue weighted by Gasteiger charge is -2.16. The van der Waals surface area contributed by atoms with Gasteiger partial charge in [0.2, 0.25) is 10.0 Å². The summed E-state index contributed by atoms with van der Waals surface area (Å²) in [5, 5.41) is 8.43. The van der Waals surface area contributed by atoms with Crippen LogP contribution in [0.1, 0.15) is 11.1 Å². The van der Waals surface area contributed by atoms with E-state index in [2.05, 4.69) is 17.9 Å². The van der Waals surface area contributed by atoms with E-state index in [0.29, 0.717) is 13.2 Å². The van der Waals surface area contributed by atoms with Gasteiger partial charge in [0, 0.05) is 17.0 Å². The van der Waals surface area contributed by atoms with Crippen LogP contribution in [0.25, 0.3) is 0 Å². The van der Waals surface area contributed by atoms with Crippen LogP contribution in [0.4, 0.5) is 0 Å². The highest BCUT2D eigenvalue weighted by molar-refractivity contribution is 7.89. The number of primary sulfonamides is 1. The van der Waals surface area contributed by atoms with Crippen LogP contribution in [0.5, 0.6) is 0 Å². The SMILES string of the molecule is NS(=O)(=O)c1ccc(CNC2(c3ccccc3S)CO2)cc1. The largest absolute Gasteiger partial charge is 0.349 e. The Morgan fingerprint density at radius 2 is 1.82 bits per heavy atom. The molecular weight excluding hydrogens is 320 g/mol. The first-order valence-corrected chi connectivity index (χ1v) is 8.69. The van der Waals surface area contributed by atoms with Crippen LogP contribution >= 0.6 is 12.6 Å². The van der Waals surface area contributed by atoms with E-state index < -0.39 is 15.7 Å². The topological polar surface area (TPSA) is 84.7 Å². The van der Waals surface area contributed by atoms with Crippen LogP contribution in [0, 0.1) is 0 Å². The number of hydrogen-bond donors (Lipinski definition) is 3. The molecule has 22 heavy (non-hydrogen) atoms. The summed E-state index contributed by atoms with van der Waals surface area (Å²) in [6.07, 6.45) is 0. The van der Waals surface area contributed by atoms with Crippen molar-refractivity contribution in [1.82, 2.24) is 5.32 Å². The molecule has 2 aromatic rings. The van der Waals surface area contributed by atoms with E-state index in [1.165, 1.54) is 12.1 Å². The van der Waals surface area contributed by atoms with Gasteiger partial charge in [-0.05, 0) is 23.8 Å². The molecule has 1 heterocycles. The predicted octanol–water partition coefficient (Wildman–Crippen LogP) is 1.60. The van der Waals surface area contributed by atoms with E-state index >= 15 is 0 Å². The van der Waals surface area contributed by atoms with Gasteiger partial charge in [0.05, 0.1) is 11.5 Å². The van der Waals surface area contributed by atoms with Crippen LogP contribution in [-0.2, 0) is 27.0 Å². The van der Waals surface area contributed by atoms with Crippen molar-refractivity contribution < 1.29 is 13.2 Å². The Labute approximate surface area is 134 Å². The Bertz CT molecular complexity index is 785. The fourth-order valence-electron chi connectivity index (χ4n) is 2.28. The minimum atomic E-state index is -3.65. The molecule has 0 amide bonds. The fourth-order valence-corrected chi connectivity index (χ4v) is 3.14. The number of hydrogen-bond acceptors (Lipinski definition) is 5. The molecule has 5 nitrogen and oxygen atoms in total. The number of sulfonamides is 1. The van der Waals surface area contributed by atoms with Crippen molar-refractivity contribution in [2.45, 2.75) is 22.1 Å². The standard InChI is InChI=1S/C15H16N2O3S2/c16-22(18,19)12-7-5-11(6-8-12)9-17-15(10-20-15)13-3-1-2-4-14(13)21/h1-8,17,21H,9-10H2,(H2,16,18,19). The third-order valence-electron chi connectivity index (χ3n) is 3.60. The highest BCUT2D eigenvalue weighted by atomic mass is 32.2. The molecule has 1 atom stereocenters. The number of thiol groups is 1. The van der Waals surface area contributed by atoms with E-state index in [9.17, 15) is 8.42 Å². The number of nitrogens with two attached hydrogens (primary N) is 1. The highest BCUT2D eigenvalue weighted by Gasteiger charge is 2.47. The summed E-state index contributed by atoms with van der Waals surface area (Å²) in [4.78, 5) is 0.978. The van der Waals surface area contributed by atoms with Crippen LogP contribution in [0.3, 0.4) is 0 Å². The van der Waals surface area contributed by atoms with Gasteiger partial charge in [-0.15, -0.1) is 12.6 Å². The van der Waals surface area contributed by atoms with Crippen molar-refractivity contribution in [1.29, 1.82) is 0 Å². The number of ether oxygens (including phenoxy) is 1. The highest BCUT2D eigenvalue weighted by Crippen LogP contribution is 2.39. The van der Waals surface area contributed by atoms with Crippen molar-refractivity contribution >= 4 is 22.7 Å². The second-order valence-electron chi connectivity index (χ2n) is 5.18. The van der Waals surface area contributed by atoms with Gasteiger partial charge in [0.25, 0.3) is 0 Å². The molecule has 0 aromatic heterocycles. The third kappa shape index (κ3) is 3.18. The second kappa shape index (κ2) is 5.68. The summed E-state index contributed by atoms with van der Waals surface area (Å²) < 4.78 is 28.0. The molecule has 0 spiro atoms. The zero-order valence-electron chi connectivity index (χ0n) is 11.7. The first kappa shape index (κ1) is 15.5. The number of benzene rings is 2. The molecule has 2 aromatic carbocycles. The maximum absolute atomic E-state index is 11.2. The molecule has 1 fully saturated rings. The van der Waals surface area contributed by atoms with Crippen LogP contribution in [0.2, 0.25) is 0 Å². The maximum Gasteiger partial charge on any atom is 0.238 e. The first-order chi connectivity index (χ1) is 10.4. The van der Waals surface area contributed by atoms with E-state index in [1.807, 2.05) is 24.3 Å². The Morgan fingerprint density at radius 3 is 2.36 bits per heavy atom. The lowest BCUT2D eigenvalue weighted by Crippen LogP contribution is -2.30. The van der Waals surface area contributed by atoms with E-state index in [-0.39, 0.29) is 4.90 Å². The molecule has 3 N–H and O–H groups in total. The number of rotatable bonds is 5. The van der Waals surface area contributed by atoms with Gasteiger partial charge in [-0.2, -0.15) is 0 Å². The zero-order valence-corrected chi connectivity index (χ0v) is 13.4. The normalized spacial score (nSPS) is 20.8. The van der Waals surface area contributed by atoms with Crippen molar-refractivity contribution in [3.63, 3.8) is 0 Å². The summed E-state index contributed by atoms with van der Waals surface area (Å²) in [5.41, 5.74) is 1.44. The molecule has 1 unspecified atom stereocenters. The van der Waals surface area contributed by atoms with Crippen molar-refractivity contribution in [3.05, 3.63) is 59.7 Å². The van der Waals surface area contributed by atoms with Gasteiger partial charge in [-0.1, -0.05) is 30.3 Å². The predicted molar refractivity (Wildman–Crippen MR) is 86.0 cm³/mol. The molecule has 1 aliphatic rings. The van der Waals surface area contributed by atoms with Gasteiger partial charge in [0.1, 0.15) is 0 Å². The Hall–Kier alpha value is -1.38. The monoisotopic (exact) mass is 336 g/mol. The van der Waals surface area contributed by atoms with Crippen molar-refractivity contribution in [2.75, 3.05) is 6.61 Å². The van der Waals surface area contributed by atoms with E-state index in [1.54, 1.807) is 12.1 Å². The number of nitrogens with one attached hydrogen (secondary N) is 1. The Morgan fingerprint density at radius 1 is 1.18 bits per heavy atom. The molecule has 116 valence electrons. The molecule has 0 radical (unpaired) electrons. The average molecular weight is 336 g/mol. The van der Waals surface area contributed by atoms with Crippen molar-refractivity contribution in [3.8, 4) is 0 Å². The summed E-state index contributed by atoms with van der Waals surface area (Å²) >= 11 is 4.46. The Kier molecular flexibility index (Phi) is 4.00. The maximum atomic E-state index is 11.2. The molecule has 3 rings (SSSR count). The van der Waals surface area contributed by atoms with Gasteiger partial charge in [-0.3, -0.25) is 5.32 Å². The van der Waals surface area contributed by atoms with Gasteiger partial charge < -0.3 is 4.74 Å². The van der Waals surface area contributed by atoms with Gasteiger partial charge in [-0.25, -0.2) is 13.6 Å². The van der Waals surface area contributed by atoms with E-state index in [0.717, 1.165) is 16.0 Å². The lowest BCUT2D eigenvalue weighted by molar-refractivity contribution is 0.253. The first-order valence-electron chi connectivity index (χ1n) is 6.70. The zero-order chi connectivity index (χ0) is 15.8. The molecule has 0 bridgehead atoms.